The maximum atomic E-state index is 12.6. The number of nitrogens with one attached hydrogen (secondary N) is 1. The summed E-state index contributed by atoms with van der Waals surface area (Å²) in [5.74, 6) is -0.408. The minimum atomic E-state index is -0.989. The summed E-state index contributed by atoms with van der Waals surface area (Å²) < 4.78 is 0. The summed E-state index contributed by atoms with van der Waals surface area (Å²) in [6, 6.07) is 11.5. The first-order valence-electron chi connectivity index (χ1n) is 8.94. The summed E-state index contributed by atoms with van der Waals surface area (Å²) in [4.78, 5) is 25.0. The third-order valence-corrected chi connectivity index (χ3v) is 4.68. The first-order valence-corrected chi connectivity index (χ1v) is 8.94. The summed E-state index contributed by atoms with van der Waals surface area (Å²) in [6.45, 7) is 0.606. The van der Waals surface area contributed by atoms with Crippen LogP contribution in [0.3, 0.4) is 0 Å². The highest BCUT2D eigenvalue weighted by Gasteiger charge is 2.37. The van der Waals surface area contributed by atoms with E-state index in [4.69, 9.17) is 5.73 Å². The van der Waals surface area contributed by atoms with Crippen LogP contribution in [0.15, 0.2) is 73.6 Å². The predicted octanol–water partition coefficient (Wildman–Crippen LogP) is 2.02. The molecule has 0 aliphatic carbocycles. The molecule has 3 aromatic rings. The highest BCUT2D eigenvalue weighted by Crippen LogP contribution is 2.26. The van der Waals surface area contributed by atoms with E-state index < -0.39 is 11.4 Å². The highest BCUT2D eigenvalue weighted by atomic mass is 16.1. The number of carbonyl (C=O) groups excluding carboxylic acids is 1. The molecule has 27 heavy (non-hydrogen) atoms. The second kappa shape index (κ2) is 9.00. The van der Waals surface area contributed by atoms with Crippen LogP contribution in [0, 0.1) is 0 Å². The number of nitrogens with two attached hydrogens (primary N) is 1. The SMILES string of the molecule is NC(=O)C(CCc1cccnc1)(NCCc1ccncc1)c1cccnc1. The van der Waals surface area contributed by atoms with E-state index in [0.717, 1.165) is 23.1 Å². The minimum Gasteiger partial charge on any atom is -0.368 e. The second-order valence-electron chi connectivity index (χ2n) is 6.40. The normalized spacial score (nSPS) is 13.0. The van der Waals surface area contributed by atoms with Gasteiger partial charge in [-0.2, -0.15) is 0 Å². The Morgan fingerprint density at radius 3 is 2.26 bits per heavy atom. The Kier molecular flexibility index (Phi) is 6.22. The van der Waals surface area contributed by atoms with Crippen molar-refractivity contribution in [2.45, 2.75) is 24.8 Å². The Morgan fingerprint density at radius 2 is 1.63 bits per heavy atom. The lowest BCUT2D eigenvalue weighted by atomic mass is 9.84. The number of rotatable bonds is 9. The van der Waals surface area contributed by atoms with Gasteiger partial charge < -0.3 is 5.73 Å². The Bertz CT molecular complexity index is 842. The number of hydrogen-bond donors (Lipinski definition) is 2. The topological polar surface area (TPSA) is 93.8 Å². The summed E-state index contributed by atoms with van der Waals surface area (Å²) in [7, 11) is 0. The molecule has 3 heterocycles. The number of aromatic nitrogens is 3. The molecule has 0 saturated heterocycles. The number of pyridine rings is 3. The lowest BCUT2D eigenvalue weighted by Gasteiger charge is -2.32. The van der Waals surface area contributed by atoms with Crippen molar-refractivity contribution in [3.63, 3.8) is 0 Å². The molecule has 138 valence electrons. The molecule has 0 bridgehead atoms. The van der Waals surface area contributed by atoms with E-state index in [-0.39, 0.29) is 0 Å². The van der Waals surface area contributed by atoms with Crippen molar-refractivity contribution in [3.8, 4) is 0 Å². The predicted molar refractivity (Wildman–Crippen MR) is 104 cm³/mol. The number of hydrogen-bond acceptors (Lipinski definition) is 5. The van der Waals surface area contributed by atoms with Crippen molar-refractivity contribution >= 4 is 5.91 Å². The number of primary amides is 1. The summed E-state index contributed by atoms with van der Waals surface area (Å²) >= 11 is 0. The molecule has 0 fully saturated rings. The van der Waals surface area contributed by atoms with Crippen LogP contribution < -0.4 is 11.1 Å². The number of carbonyl (C=O) groups is 1. The number of amides is 1. The second-order valence-corrected chi connectivity index (χ2v) is 6.40. The molecule has 3 N–H and O–H groups in total. The molecule has 1 unspecified atom stereocenters. The number of aryl methyl sites for hydroxylation is 1. The molecule has 6 heteroatoms. The van der Waals surface area contributed by atoms with Gasteiger partial charge in [-0.3, -0.25) is 25.1 Å². The molecular weight excluding hydrogens is 338 g/mol. The van der Waals surface area contributed by atoms with Gasteiger partial charge in [0.15, 0.2) is 0 Å². The van der Waals surface area contributed by atoms with Gasteiger partial charge in [0.1, 0.15) is 5.54 Å². The van der Waals surface area contributed by atoms with Crippen molar-refractivity contribution < 1.29 is 4.79 Å². The van der Waals surface area contributed by atoms with Crippen LogP contribution in [0.1, 0.15) is 23.1 Å². The fourth-order valence-corrected chi connectivity index (χ4v) is 3.15. The van der Waals surface area contributed by atoms with Gasteiger partial charge in [0, 0.05) is 43.7 Å². The molecule has 0 saturated carbocycles. The third-order valence-electron chi connectivity index (χ3n) is 4.68. The smallest absolute Gasteiger partial charge is 0.242 e. The van der Waals surface area contributed by atoms with Gasteiger partial charge in [-0.15, -0.1) is 0 Å². The average molecular weight is 361 g/mol. The van der Waals surface area contributed by atoms with E-state index in [1.807, 2.05) is 42.6 Å². The van der Waals surface area contributed by atoms with Gasteiger partial charge in [0.2, 0.25) is 5.91 Å². The molecule has 3 aromatic heterocycles. The van der Waals surface area contributed by atoms with Gasteiger partial charge in [-0.1, -0.05) is 12.1 Å². The Hall–Kier alpha value is -3.12. The monoisotopic (exact) mass is 361 g/mol. The quantitative estimate of drug-likeness (QED) is 0.608. The third kappa shape index (κ3) is 4.74. The van der Waals surface area contributed by atoms with Gasteiger partial charge in [0.05, 0.1) is 0 Å². The van der Waals surface area contributed by atoms with Crippen molar-refractivity contribution in [1.82, 2.24) is 20.3 Å². The molecule has 0 aromatic carbocycles. The van der Waals surface area contributed by atoms with Crippen molar-refractivity contribution in [2.75, 3.05) is 6.54 Å². The van der Waals surface area contributed by atoms with Crippen molar-refractivity contribution in [3.05, 3.63) is 90.3 Å². The van der Waals surface area contributed by atoms with Crippen LogP contribution in [-0.4, -0.2) is 27.4 Å². The first-order chi connectivity index (χ1) is 13.2. The summed E-state index contributed by atoms with van der Waals surface area (Å²) in [6.07, 6.45) is 12.4. The van der Waals surface area contributed by atoms with Gasteiger partial charge in [0.25, 0.3) is 0 Å². The Balaban J connectivity index is 1.81. The molecule has 1 atom stereocenters. The van der Waals surface area contributed by atoms with Gasteiger partial charge in [-0.25, -0.2) is 0 Å². The molecular formula is C21H23N5O. The molecule has 1 amide bonds. The largest absolute Gasteiger partial charge is 0.368 e. The first kappa shape index (κ1) is 18.7. The van der Waals surface area contributed by atoms with E-state index in [9.17, 15) is 4.79 Å². The zero-order valence-corrected chi connectivity index (χ0v) is 15.1. The standard InChI is InChI=1S/C21H23N5O/c22-20(27)21(19-4-2-11-25-16-19,9-5-18-3-1-10-24-15-18)26-14-8-17-6-12-23-13-7-17/h1-4,6-7,10-13,15-16,26H,5,8-9,14H2,(H2,22,27). The fourth-order valence-electron chi connectivity index (χ4n) is 3.15. The zero-order valence-electron chi connectivity index (χ0n) is 15.1. The van der Waals surface area contributed by atoms with Crippen LogP contribution in [0.5, 0.6) is 0 Å². The Morgan fingerprint density at radius 1 is 0.889 bits per heavy atom. The van der Waals surface area contributed by atoms with E-state index >= 15 is 0 Å². The van der Waals surface area contributed by atoms with E-state index in [2.05, 4.69) is 20.3 Å². The zero-order chi connectivity index (χ0) is 19.0. The van der Waals surface area contributed by atoms with E-state index in [1.54, 1.807) is 31.0 Å². The van der Waals surface area contributed by atoms with Crippen molar-refractivity contribution in [2.24, 2.45) is 5.73 Å². The average Bonchev–Trinajstić information content (AvgIpc) is 2.72. The maximum Gasteiger partial charge on any atom is 0.242 e. The Labute approximate surface area is 158 Å². The highest BCUT2D eigenvalue weighted by molar-refractivity contribution is 5.86. The van der Waals surface area contributed by atoms with Crippen LogP contribution in [0.25, 0.3) is 0 Å². The lowest BCUT2D eigenvalue weighted by Crippen LogP contribution is -2.53. The molecule has 0 radical (unpaired) electrons. The van der Waals surface area contributed by atoms with Crippen LogP contribution in [-0.2, 0) is 23.2 Å². The molecule has 0 aliphatic rings. The number of nitrogens with zero attached hydrogens (tertiary/aromatic N) is 3. The fraction of sp³-hybridized carbons (Fsp3) is 0.238. The van der Waals surface area contributed by atoms with Crippen molar-refractivity contribution in [1.29, 1.82) is 0 Å². The van der Waals surface area contributed by atoms with Crippen LogP contribution in [0.2, 0.25) is 0 Å². The molecule has 3 rings (SSSR count). The van der Waals surface area contributed by atoms with Gasteiger partial charge >= 0.3 is 0 Å². The maximum absolute atomic E-state index is 12.6. The summed E-state index contributed by atoms with van der Waals surface area (Å²) in [5, 5.41) is 3.41. The van der Waals surface area contributed by atoms with E-state index in [1.165, 1.54) is 0 Å². The molecule has 0 aliphatic heterocycles. The minimum absolute atomic E-state index is 0.408. The lowest BCUT2D eigenvalue weighted by molar-refractivity contribution is -0.125. The summed E-state index contributed by atoms with van der Waals surface area (Å²) in [5.41, 5.74) is 7.88. The van der Waals surface area contributed by atoms with E-state index in [0.29, 0.717) is 19.4 Å². The molecule has 0 spiro atoms. The molecule has 6 nitrogen and oxygen atoms in total. The van der Waals surface area contributed by atoms with Crippen LogP contribution in [0.4, 0.5) is 0 Å². The van der Waals surface area contributed by atoms with Crippen LogP contribution >= 0.6 is 0 Å². The van der Waals surface area contributed by atoms with Gasteiger partial charge in [-0.05, 0) is 60.2 Å².